The molecule has 16 heavy (non-hydrogen) atoms. The third-order valence-corrected chi connectivity index (χ3v) is 6.04. The van der Waals surface area contributed by atoms with Crippen molar-refractivity contribution in [2.45, 2.75) is 4.21 Å². The number of hydrogen-bond acceptors (Lipinski definition) is 4. The summed E-state index contributed by atoms with van der Waals surface area (Å²) in [5.41, 5.74) is 0. The molecule has 0 radical (unpaired) electrons. The first-order chi connectivity index (χ1) is 7.58. The van der Waals surface area contributed by atoms with Crippen molar-refractivity contribution in [2.24, 2.45) is 0 Å². The Morgan fingerprint density at radius 3 is 2.75 bits per heavy atom. The Balaban J connectivity index is 2.45. The van der Waals surface area contributed by atoms with Crippen LogP contribution in [0, 0.1) is 0 Å². The van der Waals surface area contributed by atoms with Gasteiger partial charge in [0.05, 0.1) is 13.2 Å². The standard InChI is InChI=1S/C8H11Br2NO3S2/c9-2-4-14-5-3-11-16(12,13)8-7(10)1-6-15-8/h1,6,11H,2-5H2. The van der Waals surface area contributed by atoms with Crippen LogP contribution in [0.3, 0.4) is 0 Å². The zero-order chi connectivity index (χ0) is 12.0. The van der Waals surface area contributed by atoms with Gasteiger partial charge in [-0.3, -0.25) is 0 Å². The maximum atomic E-state index is 11.8. The van der Waals surface area contributed by atoms with Gasteiger partial charge < -0.3 is 4.74 Å². The van der Waals surface area contributed by atoms with E-state index in [2.05, 4.69) is 36.6 Å². The molecule has 1 aromatic rings. The highest BCUT2D eigenvalue weighted by atomic mass is 79.9. The lowest BCUT2D eigenvalue weighted by atomic mass is 10.7. The van der Waals surface area contributed by atoms with Crippen molar-refractivity contribution >= 4 is 53.2 Å². The zero-order valence-electron chi connectivity index (χ0n) is 8.28. The number of alkyl halides is 1. The number of rotatable bonds is 7. The van der Waals surface area contributed by atoms with Crippen LogP contribution in [0.5, 0.6) is 0 Å². The molecule has 0 aliphatic rings. The van der Waals surface area contributed by atoms with Crippen LogP contribution in [0.1, 0.15) is 0 Å². The molecule has 4 nitrogen and oxygen atoms in total. The lowest BCUT2D eigenvalue weighted by molar-refractivity contribution is 0.156. The van der Waals surface area contributed by atoms with Gasteiger partial charge in [0.1, 0.15) is 4.21 Å². The minimum absolute atomic E-state index is 0.277. The van der Waals surface area contributed by atoms with Crippen LogP contribution in [-0.2, 0) is 14.8 Å². The van der Waals surface area contributed by atoms with Crippen molar-refractivity contribution in [3.05, 3.63) is 15.9 Å². The molecule has 0 amide bonds. The zero-order valence-corrected chi connectivity index (χ0v) is 13.1. The predicted molar refractivity (Wildman–Crippen MR) is 71.8 cm³/mol. The lowest BCUT2D eigenvalue weighted by Crippen LogP contribution is -2.27. The first kappa shape index (κ1) is 14.6. The Labute approximate surface area is 116 Å². The van der Waals surface area contributed by atoms with Gasteiger partial charge in [-0.25, -0.2) is 13.1 Å². The highest BCUT2D eigenvalue weighted by Crippen LogP contribution is 2.26. The van der Waals surface area contributed by atoms with E-state index in [1.807, 2.05) is 0 Å². The predicted octanol–water partition coefficient (Wildman–Crippen LogP) is 2.20. The van der Waals surface area contributed by atoms with E-state index >= 15 is 0 Å². The first-order valence-electron chi connectivity index (χ1n) is 4.44. The Bertz CT molecular complexity index is 419. The van der Waals surface area contributed by atoms with E-state index in [9.17, 15) is 8.42 Å². The van der Waals surface area contributed by atoms with Gasteiger partial charge in [0.2, 0.25) is 0 Å². The van der Waals surface area contributed by atoms with Crippen molar-refractivity contribution in [3.63, 3.8) is 0 Å². The molecule has 0 atom stereocenters. The summed E-state index contributed by atoms with van der Waals surface area (Å²) in [6.45, 7) is 1.22. The van der Waals surface area contributed by atoms with Crippen LogP contribution in [0.25, 0.3) is 0 Å². The second-order valence-electron chi connectivity index (χ2n) is 2.76. The van der Waals surface area contributed by atoms with Gasteiger partial charge in [-0.1, -0.05) is 15.9 Å². The Morgan fingerprint density at radius 2 is 2.19 bits per heavy atom. The molecule has 92 valence electrons. The first-order valence-corrected chi connectivity index (χ1v) is 8.72. The number of hydrogen-bond donors (Lipinski definition) is 1. The fourth-order valence-electron chi connectivity index (χ4n) is 0.942. The summed E-state index contributed by atoms with van der Waals surface area (Å²) in [4.78, 5) is 0. The number of ether oxygens (including phenoxy) is 1. The van der Waals surface area contributed by atoms with E-state index in [1.54, 1.807) is 11.4 Å². The van der Waals surface area contributed by atoms with Crippen LogP contribution in [0.4, 0.5) is 0 Å². The van der Waals surface area contributed by atoms with Crippen molar-refractivity contribution in [2.75, 3.05) is 25.1 Å². The van der Waals surface area contributed by atoms with Crippen molar-refractivity contribution in [3.8, 4) is 0 Å². The number of halogens is 2. The molecule has 1 N–H and O–H groups in total. The summed E-state index contributed by atoms with van der Waals surface area (Å²) in [5.74, 6) is 0. The van der Waals surface area contributed by atoms with Gasteiger partial charge in [0, 0.05) is 16.3 Å². The highest BCUT2D eigenvalue weighted by Gasteiger charge is 2.18. The summed E-state index contributed by atoms with van der Waals surface area (Å²) in [6.07, 6.45) is 0. The van der Waals surface area contributed by atoms with E-state index in [-0.39, 0.29) is 6.54 Å². The molecular formula is C8H11Br2NO3S2. The molecule has 0 aliphatic carbocycles. The van der Waals surface area contributed by atoms with Crippen LogP contribution < -0.4 is 4.72 Å². The van der Waals surface area contributed by atoms with E-state index in [0.29, 0.717) is 21.9 Å². The van der Waals surface area contributed by atoms with Crippen LogP contribution in [-0.4, -0.2) is 33.5 Å². The molecule has 0 aromatic carbocycles. The van der Waals surface area contributed by atoms with Crippen molar-refractivity contribution in [1.29, 1.82) is 0 Å². The largest absolute Gasteiger partial charge is 0.379 e. The fraction of sp³-hybridized carbons (Fsp3) is 0.500. The molecule has 1 aromatic heterocycles. The summed E-state index contributed by atoms with van der Waals surface area (Å²) >= 11 is 7.58. The Kier molecular flexibility index (Phi) is 6.45. The summed E-state index contributed by atoms with van der Waals surface area (Å²) in [5, 5.41) is 2.47. The average Bonchev–Trinajstić information content (AvgIpc) is 2.65. The average molecular weight is 393 g/mol. The van der Waals surface area contributed by atoms with E-state index in [0.717, 1.165) is 5.33 Å². The van der Waals surface area contributed by atoms with Crippen molar-refractivity contribution < 1.29 is 13.2 Å². The summed E-state index contributed by atoms with van der Waals surface area (Å²) in [7, 11) is -3.40. The monoisotopic (exact) mass is 391 g/mol. The third-order valence-electron chi connectivity index (χ3n) is 1.59. The number of thiophene rings is 1. The SMILES string of the molecule is O=S(=O)(NCCOCCBr)c1sccc1Br. The maximum absolute atomic E-state index is 11.8. The highest BCUT2D eigenvalue weighted by molar-refractivity contribution is 9.10. The Morgan fingerprint density at radius 1 is 1.44 bits per heavy atom. The molecule has 0 aliphatic heterocycles. The van der Waals surface area contributed by atoms with Gasteiger partial charge in [-0.15, -0.1) is 11.3 Å². The second kappa shape index (κ2) is 7.07. The topological polar surface area (TPSA) is 55.4 Å². The second-order valence-corrected chi connectivity index (χ2v) is 7.28. The normalized spacial score (nSPS) is 11.9. The molecule has 8 heteroatoms. The van der Waals surface area contributed by atoms with Crippen LogP contribution in [0.15, 0.2) is 20.1 Å². The smallest absolute Gasteiger partial charge is 0.251 e. The molecular weight excluding hydrogens is 382 g/mol. The van der Waals surface area contributed by atoms with Gasteiger partial charge in [-0.05, 0) is 27.4 Å². The van der Waals surface area contributed by atoms with Crippen LogP contribution >= 0.6 is 43.2 Å². The van der Waals surface area contributed by atoms with Crippen LogP contribution in [0.2, 0.25) is 0 Å². The number of sulfonamides is 1. The quantitative estimate of drug-likeness (QED) is 0.571. The summed E-state index contributed by atoms with van der Waals surface area (Å²) in [6, 6.07) is 1.71. The molecule has 1 heterocycles. The van der Waals surface area contributed by atoms with Gasteiger partial charge in [-0.2, -0.15) is 0 Å². The molecule has 0 spiro atoms. The van der Waals surface area contributed by atoms with E-state index in [4.69, 9.17) is 4.74 Å². The van der Waals surface area contributed by atoms with E-state index < -0.39 is 10.0 Å². The summed E-state index contributed by atoms with van der Waals surface area (Å²) < 4.78 is 32.0. The van der Waals surface area contributed by atoms with Gasteiger partial charge in [0.25, 0.3) is 10.0 Å². The fourth-order valence-corrected chi connectivity index (χ4v) is 4.56. The lowest BCUT2D eigenvalue weighted by Gasteiger charge is -2.05. The molecule has 0 saturated carbocycles. The molecule has 0 fully saturated rings. The minimum atomic E-state index is -3.40. The van der Waals surface area contributed by atoms with E-state index in [1.165, 1.54) is 11.3 Å². The molecule has 0 bridgehead atoms. The van der Waals surface area contributed by atoms with Gasteiger partial charge in [0.15, 0.2) is 0 Å². The third kappa shape index (κ3) is 4.42. The number of nitrogens with one attached hydrogen (secondary N) is 1. The molecule has 0 unspecified atom stereocenters. The molecule has 1 rings (SSSR count). The molecule has 0 saturated heterocycles. The maximum Gasteiger partial charge on any atom is 0.251 e. The van der Waals surface area contributed by atoms with Crippen molar-refractivity contribution in [1.82, 2.24) is 4.72 Å². The van der Waals surface area contributed by atoms with Gasteiger partial charge >= 0.3 is 0 Å². The minimum Gasteiger partial charge on any atom is -0.379 e. The Hall–Kier alpha value is 0.530.